The van der Waals surface area contributed by atoms with Crippen LogP contribution in [0.3, 0.4) is 0 Å². The lowest BCUT2D eigenvalue weighted by Crippen LogP contribution is -2.50. The topological polar surface area (TPSA) is 91.3 Å². The fraction of sp³-hybridized carbons (Fsp3) is 0.238. The third kappa shape index (κ3) is 4.13. The number of halogens is 1. The van der Waals surface area contributed by atoms with Gasteiger partial charge in [0.05, 0.1) is 12.2 Å². The summed E-state index contributed by atoms with van der Waals surface area (Å²) in [6.45, 7) is 2.22. The molecule has 4 rings (SSSR count). The van der Waals surface area contributed by atoms with Crippen molar-refractivity contribution in [1.29, 1.82) is 0 Å². The van der Waals surface area contributed by atoms with Crippen molar-refractivity contribution in [1.82, 2.24) is 19.4 Å². The van der Waals surface area contributed by atoms with E-state index in [1.54, 1.807) is 29.3 Å². The molecule has 1 aromatic carbocycles. The monoisotopic (exact) mass is 425 g/mol. The number of hydrogen-bond acceptors (Lipinski definition) is 5. The molecular weight excluding hydrogens is 406 g/mol. The van der Waals surface area contributed by atoms with Crippen LogP contribution >= 0.6 is 11.6 Å². The first-order valence-electron chi connectivity index (χ1n) is 9.55. The molecule has 0 bridgehead atoms. The van der Waals surface area contributed by atoms with E-state index in [1.807, 2.05) is 24.3 Å². The largest absolute Gasteiger partial charge is 0.368 e. The molecule has 2 aromatic heterocycles. The second kappa shape index (κ2) is 8.54. The Kier molecular flexibility index (Phi) is 5.67. The van der Waals surface area contributed by atoms with Crippen LogP contribution in [0.25, 0.3) is 0 Å². The number of carbonyl (C=O) groups excluding carboxylic acids is 1. The maximum atomic E-state index is 13.0. The van der Waals surface area contributed by atoms with Gasteiger partial charge < -0.3 is 14.8 Å². The van der Waals surface area contributed by atoms with E-state index in [9.17, 15) is 14.4 Å². The summed E-state index contributed by atoms with van der Waals surface area (Å²) in [5.41, 5.74) is 0.356. The number of anilines is 1. The van der Waals surface area contributed by atoms with Crippen LogP contribution in [0.5, 0.6) is 0 Å². The first-order chi connectivity index (χ1) is 14.5. The summed E-state index contributed by atoms with van der Waals surface area (Å²) in [6, 6.07) is 12.8. The van der Waals surface area contributed by atoms with Crippen LogP contribution in [0.1, 0.15) is 16.1 Å². The quantitative estimate of drug-likeness (QED) is 0.685. The summed E-state index contributed by atoms with van der Waals surface area (Å²) in [7, 11) is 0. The lowest BCUT2D eigenvalue weighted by atomic mass is 10.2. The Labute approximate surface area is 177 Å². The van der Waals surface area contributed by atoms with E-state index in [2.05, 4.69) is 14.9 Å². The fourth-order valence-corrected chi connectivity index (χ4v) is 3.58. The van der Waals surface area contributed by atoms with Crippen LogP contribution in [0.4, 0.5) is 5.69 Å². The van der Waals surface area contributed by atoms with E-state index in [-0.39, 0.29) is 18.0 Å². The molecule has 154 valence electrons. The van der Waals surface area contributed by atoms with E-state index < -0.39 is 11.2 Å². The molecule has 1 aliphatic rings. The van der Waals surface area contributed by atoms with Crippen LogP contribution < -0.4 is 16.1 Å². The number of piperazine rings is 1. The molecule has 1 saturated heterocycles. The highest BCUT2D eigenvalue weighted by Crippen LogP contribution is 2.19. The first-order valence-corrected chi connectivity index (χ1v) is 9.93. The predicted molar refractivity (Wildman–Crippen MR) is 114 cm³/mol. The number of hydrogen-bond donors (Lipinski definition) is 1. The van der Waals surface area contributed by atoms with Crippen molar-refractivity contribution in [3.63, 3.8) is 0 Å². The van der Waals surface area contributed by atoms with Crippen molar-refractivity contribution in [3.05, 3.63) is 92.0 Å². The van der Waals surface area contributed by atoms with E-state index in [1.165, 1.54) is 6.20 Å². The number of carbonyl (C=O) groups is 1. The van der Waals surface area contributed by atoms with Crippen LogP contribution in [0.2, 0.25) is 5.02 Å². The smallest absolute Gasteiger partial charge is 0.328 e. The van der Waals surface area contributed by atoms with Gasteiger partial charge in [-0.3, -0.25) is 19.1 Å². The molecule has 0 atom stereocenters. The predicted octanol–water partition coefficient (Wildman–Crippen LogP) is 1.60. The van der Waals surface area contributed by atoms with Gasteiger partial charge in [0.2, 0.25) is 0 Å². The minimum Gasteiger partial charge on any atom is -0.368 e. The molecule has 0 spiro atoms. The second-order valence-electron chi connectivity index (χ2n) is 6.98. The molecule has 3 aromatic rings. The van der Waals surface area contributed by atoms with Gasteiger partial charge in [0.1, 0.15) is 5.56 Å². The van der Waals surface area contributed by atoms with Crippen molar-refractivity contribution in [2.75, 3.05) is 31.1 Å². The summed E-state index contributed by atoms with van der Waals surface area (Å²) in [5, 5.41) is 0.674. The molecule has 9 heteroatoms. The molecule has 3 heterocycles. The minimum absolute atomic E-state index is 0.000467. The lowest BCUT2D eigenvalue weighted by Gasteiger charge is -2.36. The molecule has 30 heavy (non-hydrogen) atoms. The Hall–Kier alpha value is -3.39. The Morgan fingerprint density at radius 3 is 2.43 bits per heavy atom. The van der Waals surface area contributed by atoms with Crippen molar-refractivity contribution in [3.8, 4) is 0 Å². The maximum Gasteiger partial charge on any atom is 0.328 e. The summed E-state index contributed by atoms with van der Waals surface area (Å²) >= 11 is 5.94. The number of benzene rings is 1. The molecule has 1 N–H and O–H groups in total. The highest BCUT2D eigenvalue weighted by Gasteiger charge is 2.25. The lowest BCUT2D eigenvalue weighted by molar-refractivity contribution is 0.0743. The molecular formula is C21H20ClN5O3. The third-order valence-electron chi connectivity index (χ3n) is 5.10. The normalized spacial score (nSPS) is 14.0. The molecule has 1 fully saturated rings. The van der Waals surface area contributed by atoms with Gasteiger partial charge in [-0.25, -0.2) is 4.79 Å². The second-order valence-corrected chi connectivity index (χ2v) is 7.41. The summed E-state index contributed by atoms with van der Waals surface area (Å²) in [4.78, 5) is 48.4. The highest BCUT2D eigenvalue weighted by molar-refractivity contribution is 6.30. The zero-order chi connectivity index (χ0) is 21.1. The number of pyridine rings is 1. The van der Waals surface area contributed by atoms with Crippen LogP contribution in [-0.2, 0) is 6.54 Å². The standard InChI is InChI=1S/C21H20ClN5O3/c22-15-4-6-17(7-5-15)25-9-11-26(12-10-25)19(28)18-13-24-21(30)27(20(18)29)14-16-3-1-2-8-23-16/h1-8,13H,9-12,14H2,(H,24,30). The van der Waals surface area contributed by atoms with Gasteiger partial charge >= 0.3 is 5.69 Å². The van der Waals surface area contributed by atoms with Crippen molar-refractivity contribution < 1.29 is 4.79 Å². The van der Waals surface area contributed by atoms with Crippen molar-refractivity contribution in [2.45, 2.75) is 6.54 Å². The van der Waals surface area contributed by atoms with E-state index >= 15 is 0 Å². The summed E-state index contributed by atoms with van der Waals surface area (Å²) in [6.07, 6.45) is 2.79. The number of nitrogens with one attached hydrogen (secondary N) is 1. The maximum absolute atomic E-state index is 13.0. The van der Waals surface area contributed by atoms with E-state index in [0.29, 0.717) is 36.9 Å². The molecule has 0 aliphatic carbocycles. The zero-order valence-electron chi connectivity index (χ0n) is 16.1. The zero-order valence-corrected chi connectivity index (χ0v) is 16.9. The number of amides is 1. The molecule has 0 unspecified atom stereocenters. The Bertz CT molecular complexity index is 1150. The van der Waals surface area contributed by atoms with Gasteiger partial charge in [0.25, 0.3) is 11.5 Å². The fourth-order valence-electron chi connectivity index (χ4n) is 3.45. The summed E-state index contributed by atoms with van der Waals surface area (Å²) in [5.74, 6) is -0.387. The van der Waals surface area contributed by atoms with Gasteiger partial charge in [0, 0.05) is 49.3 Å². The minimum atomic E-state index is -0.616. The van der Waals surface area contributed by atoms with Crippen molar-refractivity contribution in [2.24, 2.45) is 0 Å². The van der Waals surface area contributed by atoms with Gasteiger partial charge in [-0.05, 0) is 36.4 Å². The Balaban J connectivity index is 1.50. The molecule has 0 radical (unpaired) electrons. The molecule has 1 aliphatic heterocycles. The van der Waals surface area contributed by atoms with Crippen LogP contribution in [0.15, 0.2) is 64.4 Å². The highest BCUT2D eigenvalue weighted by atomic mass is 35.5. The SMILES string of the molecule is O=C(c1c[nH]c(=O)n(Cc2ccccn2)c1=O)N1CCN(c2ccc(Cl)cc2)CC1. The number of aromatic amines is 1. The van der Waals surface area contributed by atoms with Crippen LogP contribution in [0, 0.1) is 0 Å². The van der Waals surface area contributed by atoms with Gasteiger partial charge in [-0.1, -0.05) is 17.7 Å². The Morgan fingerprint density at radius 1 is 1.03 bits per heavy atom. The van der Waals surface area contributed by atoms with E-state index in [4.69, 9.17) is 11.6 Å². The number of H-pyrrole nitrogens is 1. The number of rotatable bonds is 4. The average molecular weight is 426 g/mol. The Morgan fingerprint density at radius 2 is 1.77 bits per heavy atom. The first kappa shape index (κ1) is 19.9. The third-order valence-corrected chi connectivity index (χ3v) is 5.35. The average Bonchev–Trinajstić information content (AvgIpc) is 2.78. The van der Waals surface area contributed by atoms with Crippen molar-refractivity contribution >= 4 is 23.2 Å². The summed E-state index contributed by atoms with van der Waals surface area (Å²) < 4.78 is 1.000. The van der Waals surface area contributed by atoms with Gasteiger partial charge in [-0.15, -0.1) is 0 Å². The van der Waals surface area contributed by atoms with Gasteiger partial charge in [0.15, 0.2) is 0 Å². The number of nitrogens with zero attached hydrogens (tertiary/aromatic N) is 4. The molecule has 1 amide bonds. The van der Waals surface area contributed by atoms with E-state index in [0.717, 1.165) is 10.3 Å². The van der Waals surface area contributed by atoms with Gasteiger partial charge in [-0.2, -0.15) is 0 Å². The van der Waals surface area contributed by atoms with Crippen LogP contribution in [-0.4, -0.2) is 51.5 Å². The molecule has 8 nitrogen and oxygen atoms in total. The number of aromatic nitrogens is 3. The molecule has 0 saturated carbocycles.